The normalized spacial score (nSPS) is 13.8. The second kappa shape index (κ2) is 10.5. The number of ether oxygens (including phenoxy) is 1. The molecule has 1 atom stereocenters. The van der Waals surface area contributed by atoms with E-state index in [-0.39, 0.29) is 36.0 Å². The number of hydrazine groups is 1. The predicted molar refractivity (Wildman–Crippen MR) is 127 cm³/mol. The minimum atomic E-state index is -1.06. The molecule has 3 rings (SSSR count). The zero-order valence-corrected chi connectivity index (χ0v) is 20.2. The summed E-state index contributed by atoms with van der Waals surface area (Å²) in [4.78, 5) is 52.0. The van der Waals surface area contributed by atoms with Crippen molar-refractivity contribution in [3.8, 4) is 5.75 Å². The highest BCUT2D eigenvalue weighted by atomic mass is 16.5. The van der Waals surface area contributed by atoms with Crippen LogP contribution < -0.4 is 15.6 Å². The lowest BCUT2D eigenvalue weighted by atomic mass is 10.0. The fraction of sp³-hybridized carbons (Fsp3) is 0.385. The summed E-state index contributed by atoms with van der Waals surface area (Å²) < 4.78 is 5.69. The van der Waals surface area contributed by atoms with Gasteiger partial charge in [0.2, 0.25) is 0 Å². The predicted octanol–water partition coefficient (Wildman–Crippen LogP) is 3.36. The van der Waals surface area contributed by atoms with Crippen molar-refractivity contribution >= 4 is 23.6 Å². The molecule has 0 bridgehead atoms. The van der Waals surface area contributed by atoms with Gasteiger partial charge in [-0.2, -0.15) is 0 Å². The number of carbonyl (C=O) groups excluding carboxylic acids is 4. The van der Waals surface area contributed by atoms with E-state index in [4.69, 9.17) is 4.74 Å². The van der Waals surface area contributed by atoms with Crippen LogP contribution in [0.15, 0.2) is 42.5 Å². The third-order valence-electron chi connectivity index (χ3n) is 5.61. The van der Waals surface area contributed by atoms with Crippen LogP contribution in [0.25, 0.3) is 0 Å². The Morgan fingerprint density at radius 3 is 2.12 bits per heavy atom. The first-order valence-electron chi connectivity index (χ1n) is 11.4. The van der Waals surface area contributed by atoms with E-state index in [9.17, 15) is 19.2 Å². The maximum atomic E-state index is 13.0. The second-order valence-corrected chi connectivity index (χ2v) is 9.19. The average Bonchev–Trinajstić information content (AvgIpc) is 3.04. The number of aryl methyl sites for hydroxylation is 1. The molecule has 2 aromatic carbocycles. The number of amides is 4. The molecule has 4 amide bonds. The second-order valence-electron chi connectivity index (χ2n) is 9.19. The van der Waals surface area contributed by atoms with Crippen molar-refractivity contribution in [2.75, 3.05) is 6.61 Å². The zero-order chi connectivity index (χ0) is 25.0. The van der Waals surface area contributed by atoms with Gasteiger partial charge in [0.25, 0.3) is 23.6 Å². The number of hydrogen-bond acceptors (Lipinski definition) is 5. The number of rotatable bonds is 8. The molecule has 8 heteroatoms. The van der Waals surface area contributed by atoms with Gasteiger partial charge in [-0.25, -0.2) is 0 Å². The average molecular weight is 466 g/mol. The van der Waals surface area contributed by atoms with Crippen LogP contribution in [0.1, 0.15) is 71.9 Å². The molecule has 0 fully saturated rings. The van der Waals surface area contributed by atoms with E-state index in [1.807, 2.05) is 52.8 Å². The van der Waals surface area contributed by atoms with E-state index in [1.54, 1.807) is 24.3 Å². The zero-order valence-electron chi connectivity index (χ0n) is 20.2. The number of imide groups is 1. The van der Waals surface area contributed by atoms with E-state index in [1.165, 1.54) is 0 Å². The third kappa shape index (κ3) is 5.44. The fourth-order valence-electron chi connectivity index (χ4n) is 3.90. The molecule has 1 unspecified atom stereocenters. The monoisotopic (exact) mass is 465 g/mol. The minimum Gasteiger partial charge on any atom is -0.483 e. The van der Waals surface area contributed by atoms with Crippen molar-refractivity contribution in [1.29, 1.82) is 0 Å². The molecule has 180 valence electrons. The van der Waals surface area contributed by atoms with Gasteiger partial charge in [-0.05, 0) is 54.5 Å². The number of nitrogens with one attached hydrogen (secondary N) is 2. The molecule has 1 aliphatic heterocycles. The molecule has 2 N–H and O–H groups in total. The molecule has 0 spiro atoms. The molecule has 1 heterocycles. The highest BCUT2D eigenvalue weighted by Gasteiger charge is 2.42. The van der Waals surface area contributed by atoms with Gasteiger partial charge in [0.1, 0.15) is 11.8 Å². The Balaban J connectivity index is 1.65. The molecule has 8 nitrogen and oxygen atoms in total. The van der Waals surface area contributed by atoms with Gasteiger partial charge in [0, 0.05) is 0 Å². The molecule has 0 saturated heterocycles. The maximum Gasteiger partial charge on any atom is 0.276 e. The molecule has 0 saturated carbocycles. The summed E-state index contributed by atoms with van der Waals surface area (Å²) in [5.41, 5.74) is 7.20. The summed E-state index contributed by atoms with van der Waals surface area (Å²) in [6, 6.07) is 11.2. The Kier molecular flexibility index (Phi) is 7.71. The van der Waals surface area contributed by atoms with Crippen molar-refractivity contribution in [2.45, 2.75) is 53.0 Å². The molecule has 2 aromatic rings. The largest absolute Gasteiger partial charge is 0.483 e. The topological polar surface area (TPSA) is 105 Å². The van der Waals surface area contributed by atoms with Crippen LogP contribution in [0.2, 0.25) is 0 Å². The van der Waals surface area contributed by atoms with Crippen LogP contribution in [0.5, 0.6) is 5.75 Å². The lowest BCUT2D eigenvalue weighted by molar-refractivity contribution is -0.132. The summed E-state index contributed by atoms with van der Waals surface area (Å²) in [5, 5.41) is 0. The summed E-state index contributed by atoms with van der Waals surface area (Å²) >= 11 is 0. The van der Waals surface area contributed by atoms with E-state index >= 15 is 0 Å². The van der Waals surface area contributed by atoms with Crippen LogP contribution in [-0.2, 0) is 9.59 Å². The van der Waals surface area contributed by atoms with Crippen molar-refractivity contribution < 1.29 is 23.9 Å². The quantitative estimate of drug-likeness (QED) is 0.460. The van der Waals surface area contributed by atoms with Crippen LogP contribution >= 0.6 is 0 Å². The standard InChI is InChI=1S/C26H31N3O5/c1-15(2)12-21(29-25(32)19-8-6-7-9-20(19)26(29)33)24(31)28-27-23(30)14-34-22-13-17(5)10-11-18(22)16(3)4/h6-11,13,15-16,21H,12,14H2,1-5H3,(H,27,30)(H,28,31). The smallest absolute Gasteiger partial charge is 0.276 e. The van der Waals surface area contributed by atoms with Crippen LogP contribution in [0, 0.1) is 12.8 Å². The van der Waals surface area contributed by atoms with Gasteiger partial charge in [0.15, 0.2) is 6.61 Å². The molecule has 0 radical (unpaired) electrons. The Morgan fingerprint density at radius 1 is 0.941 bits per heavy atom. The van der Waals surface area contributed by atoms with Crippen molar-refractivity contribution in [1.82, 2.24) is 15.8 Å². The summed E-state index contributed by atoms with van der Waals surface area (Å²) in [6.07, 6.45) is 0.255. The van der Waals surface area contributed by atoms with Gasteiger partial charge in [-0.1, -0.05) is 52.0 Å². The number of carbonyl (C=O) groups is 4. The third-order valence-corrected chi connectivity index (χ3v) is 5.61. The molecular formula is C26H31N3O5. The first-order valence-corrected chi connectivity index (χ1v) is 11.4. The number of hydrogen-bond donors (Lipinski definition) is 2. The van der Waals surface area contributed by atoms with Crippen molar-refractivity contribution in [3.63, 3.8) is 0 Å². The van der Waals surface area contributed by atoms with Gasteiger partial charge < -0.3 is 4.74 Å². The lowest BCUT2D eigenvalue weighted by Crippen LogP contribution is -2.55. The Bertz CT molecular complexity index is 1070. The number of fused-ring (bicyclic) bond motifs is 1. The summed E-state index contributed by atoms with van der Waals surface area (Å²) in [5.74, 6) is -1.39. The van der Waals surface area contributed by atoms with E-state index in [0.29, 0.717) is 5.75 Å². The number of nitrogens with zero attached hydrogens (tertiary/aromatic N) is 1. The summed E-state index contributed by atoms with van der Waals surface area (Å²) in [7, 11) is 0. The maximum absolute atomic E-state index is 13.0. The highest BCUT2D eigenvalue weighted by molar-refractivity contribution is 6.22. The van der Waals surface area contributed by atoms with Gasteiger partial charge >= 0.3 is 0 Å². The Hall–Kier alpha value is -3.68. The first-order chi connectivity index (χ1) is 16.1. The lowest BCUT2D eigenvalue weighted by Gasteiger charge is -2.26. The van der Waals surface area contributed by atoms with Crippen LogP contribution in [0.3, 0.4) is 0 Å². The van der Waals surface area contributed by atoms with Crippen LogP contribution in [0.4, 0.5) is 0 Å². The van der Waals surface area contributed by atoms with Crippen LogP contribution in [-0.4, -0.2) is 41.2 Å². The fourth-order valence-corrected chi connectivity index (χ4v) is 3.90. The van der Waals surface area contributed by atoms with Crippen molar-refractivity contribution in [2.24, 2.45) is 5.92 Å². The number of benzene rings is 2. The highest BCUT2D eigenvalue weighted by Crippen LogP contribution is 2.28. The SMILES string of the molecule is Cc1ccc(C(C)C)c(OCC(=O)NNC(=O)C(CC(C)C)N2C(=O)c3ccccc3C2=O)c1. The van der Waals surface area contributed by atoms with Crippen molar-refractivity contribution in [3.05, 3.63) is 64.7 Å². The van der Waals surface area contributed by atoms with Gasteiger partial charge in [0.05, 0.1) is 11.1 Å². The van der Waals surface area contributed by atoms with Gasteiger partial charge in [-0.15, -0.1) is 0 Å². The first kappa shape index (κ1) is 25.0. The molecule has 34 heavy (non-hydrogen) atoms. The molecule has 0 aromatic heterocycles. The molecule has 0 aliphatic carbocycles. The van der Waals surface area contributed by atoms with Gasteiger partial charge in [-0.3, -0.25) is 34.9 Å². The Labute approximate surface area is 199 Å². The van der Waals surface area contributed by atoms with E-state index < -0.39 is 29.7 Å². The molecular weight excluding hydrogens is 434 g/mol. The minimum absolute atomic E-state index is 0.0230. The summed E-state index contributed by atoms with van der Waals surface area (Å²) in [6.45, 7) is 9.48. The van der Waals surface area contributed by atoms with E-state index in [2.05, 4.69) is 10.9 Å². The van der Waals surface area contributed by atoms with E-state index in [0.717, 1.165) is 16.0 Å². The molecule has 1 aliphatic rings. The Morgan fingerprint density at radius 2 is 1.56 bits per heavy atom.